The third kappa shape index (κ3) is 6.81. The summed E-state index contributed by atoms with van der Waals surface area (Å²) in [6, 6.07) is 3.90. The summed E-state index contributed by atoms with van der Waals surface area (Å²) in [6.07, 6.45) is 0.500. The number of carboxylic acid groups (broad SMARTS) is 1. The van der Waals surface area contributed by atoms with Crippen molar-refractivity contribution in [3.8, 4) is 11.5 Å². The Morgan fingerprint density at radius 3 is 2.52 bits per heavy atom. The first-order chi connectivity index (χ1) is 10.8. The van der Waals surface area contributed by atoms with Gasteiger partial charge in [-0.25, -0.2) is 0 Å². The maximum absolute atomic E-state index is 12.4. The van der Waals surface area contributed by atoms with Gasteiger partial charge in [0.2, 0.25) is 0 Å². The number of rotatable bonds is 10. The second-order valence-corrected chi connectivity index (χ2v) is 5.49. The second-order valence-electron chi connectivity index (χ2n) is 5.49. The lowest BCUT2D eigenvalue weighted by Gasteiger charge is -2.17. The average molecular weight is 331 g/mol. The minimum atomic E-state index is -2.93. The highest BCUT2D eigenvalue weighted by atomic mass is 19.3. The Balaban J connectivity index is 2.79. The number of ether oxygens (including phenoxy) is 2. The van der Waals surface area contributed by atoms with Gasteiger partial charge in [0.05, 0.1) is 6.61 Å². The third-order valence-electron chi connectivity index (χ3n) is 3.08. The zero-order chi connectivity index (χ0) is 17.4. The Labute approximate surface area is 134 Å². The number of aliphatic carboxylic acids is 1. The molecule has 0 unspecified atom stereocenters. The molecule has 5 nitrogen and oxygen atoms in total. The minimum Gasteiger partial charge on any atom is -0.490 e. The molecule has 0 aliphatic rings. The lowest BCUT2D eigenvalue weighted by atomic mass is 10.0. The van der Waals surface area contributed by atoms with E-state index in [4.69, 9.17) is 4.74 Å². The Kier molecular flexibility index (Phi) is 7.74. The monoisotopic (exact) mass is 331 g/mol. The van der Waals surface area contributed by atoms with Crippen LogP contribution in [0.2, 0.25) is 0 Å². The largest absolute Gasteiger partial charge is 0.490 e. The van der Waals surface area contributed by atoms with Crippen molar-refractivity contribution in [2.24, 2.45) is 5.92 Å². The van der Waals surface area contributed by atoms with Crippen molar-refractivity contribution < 1.29 is 28.2 Å². The molecule has 0 aliphatic carbocycles. The number of carboxylic acids is 1. The van der Waals surface area contributed by atoms with Gasteiger partial charge in [0, 0.05) is 6.54 Å². The molecule has 2 N–H and O–H groups in total. The van der Waals surface area contributed by atoms with Crippen molar-refractivity contribution in [1.82, 2.24) is 5.32 Å². The predicted octanol–water partition coefficient (Wildman–Crippen LogP) is 3.28. The van der Waals surface area contributed by atoms with Gasteiger partial charge in [0.15, 0.2) is 11.5 Å². The van der Waals surface area contributed by atoms with Crippen LogP contribution >= 0.6 is 0 Å². The molecule has 0 bridgehead atoms. The Hall–Kier alpha value is -1.89. The van der Waals surface area contributed by atoms with E-state index in [1.807, 2.05) is 13.8 Å². The van der Waals surface area contributed by atoms with E-state index in [0.717, 1.165) is 5.56 Å². The number of carbonyl (C=O) groups is 1. The Morgan fingerprint density at radius 1 is 1.30 bits per heavy atom. The molecule has 1 rings (SSSR count). The molecule has 0 spiro atoms. The number of hydrogen-bond acceptors (Lipinski definition) is 4. The molecule has 0 fully saturated rings. The molecule has 0 aliphatic heterocycles. The second kappa shape index (κ2) is 9.29. The van der Waals surface area contributed by atoms with Crippen LogP contribution in [0, 0.1) is 5.92 Å². The van der Waals surface area contributed by atoms with Crippen molar-refractivity contribution in [1.29, 1.82) is 0 Å². The third-order valence-corrected chi connectivity index (χ3v) is 3.08. The summed E-state index contributed by atoms with van der Waals surface area (Å²) in [5.41, 5.74) is 0.727. The van der Waals surface area contributed by atoms with Crippen LogP contribution < -0.4 is 14.8 Å². The van der Waals surface area contributed by atoms with Crippen LogP contribution in [-0.4, -0.2) is 30.3 Å². The molecule has 1 aromatic carbocycles. The normalized spacial score (nSPS) is 12.5. The van der Waals surface area contributed by atoms with E-state index in [2.05, 4.69) is 10.1 Å². The van der Waals surface area contributed by atoms with Gasteiger partial charge < -0.3 is 19.9 Å². The molecule has 0 saturated carbocycles. The molecular weight excluding hydrogens is 308 g/mol. The van der Waals surface area contributed by atoms with Crippen molar-refractivity contribution >= 4 is 5.97 Å². The van der Waals surface area contributed by atoms with Crippen molar-refractivity contribution in [3.05, 3.63) is 23.8 Å². The molecule has 130 valence electrons. The highest BCUT2D eigenvalue weighted by molar-refractivity contribution is 5.73. The van der Waals surface area contributed by atoms with Crippen LogP contribution in [0.15, 0.2) is 18.2 Å². The Bertz CT molecular complexity index is 509. The van der Waals surface area contributed by atoms with E-state index in [1.54, 1.807) is 19.1 Å². The van der Waals surface area contributed by atoms with Gasteiger partial charge in [-0.3, -0.25) is 4.79 Å². The summed E-state index contributed by atoms with van der Waals surface area (Å²) in [5, 5.41) is 12.1. The van der Waals surface area contributed by atoms with Gasteiger partial charge in [-0.05, 0) is 37.0 Å². The molecule has 1 aromatic rings. The first-order valence-electron chi connectivity index (χ1n) is 7.50. The number of benzene rings is 1. The zero-order valence-electron chi connectivity index (χ0n) is 13.5. The van der Waals surface area contributed by atoms with Crippen LogP contribution in [0.4, 0.5) is 8.78 Å². The van der Waals surface area contributed by atoms with Crippen molar-refractivity contribution in [3.63, 3.8) is 0 Å². The maximum Gasteiger partial charge on any atom is 0.387 e. The smallest absolute Gasteiger partial charge is 0.387 e. The number of halogens is 2. The number of nitrogens with one attached hydrogen (secondary N) is 1. The molecule has 0 saturated heterocycles. The fraction of sp³-hybridized carbons (Fsp3) is 0.562. The quantitative estimate of drug-likeness (QED) is 0.689. The van der Waals surface area contributed by atoms with Gasteiger partial charge in [0.1, 0.15) is 6.04 Å². The van der Waals surface area contributed by atoms with E-state index < -0.39 is 18.6 Å². The molecule has 1 atom stereocenters. The maximum atomic E-state index is 12.4. The first-order valence-corrected chi connectivity index (χ1v) is 7.50. The zero-order valence-corrected chi connectivity index (χ0v) is 13.5. The molecule has 7 heteroatoms. The van der Waals surface area contributed by atoms with Crippen LogP contribution in [0.25, 0.3) is 0 Å². The van der Waals surface area contributed by atoms with Crippen molar-refractivity contribution in [2.45, 2.75) is 46.4 Å². The van der Waals surface area contributed by atoms with Gasteiger partial charge >= 0.3 is 12.6 Å². The Morgan fingerprint density at radius 2 is 2.00 bits per heavy atom. The molecule has 0 amide bonds. The summed E-state index contributed by atoms with van der Waals surface area (Å²) in [6.45, 7) is 3.30. The number of alkyl halides is 2. The predicted molar refractivity (Wildman–Crippen MR) is 82.0 cm³/mol. The summed E-state index contributed by atoms with van der Waals surface area (Å²) >= 11 is 0. The van der Waals surface area contributed by atoms with E-state index in [9.17, 15) is 18.7 Å². The average Bonchev–Trinajstić information content (AvgIpc) is 2.45. The van der Waals surface area contributed by atoms with E-state index in [-0.39, 0.29) is 17.4 Å². The van der Waals surface area contributed by atoms with Crippen molar-refractivity contribution in [2.75, 3.05) is 6.61 Å². The SMILES string of the molecule is CCOc1cc(CN[C@@H](CC(C)C)C(=O)O)ccc1OC(F)F. The van der Waals surface area contributed by atoms with Crippen LogP contribution in [-0.2, 0) is 11.3 Å². The van der Waals surface area contributed by atoms with Gasteiger partial charge in [0.25, 0.3) is 0 Å². The lowest BCUT2D eigenvalue weighted by Crippen LogP contribution is -2.37. The van der Waals surface area contributed by atoms with Crippen LogP contribution in [0.3, 0.4) is 0 Å². The molecule has 0 radical (unpaired) electrons. The summed E-state index contributed by atoms with van der Waals surface area (Å²) < 4.78 is 34.4. The lowest BCUT2D eigenvalue weighted by molar-refractivity contribution is -0.140. The van der Waals surface area contributed by atoms with Gasteiger partial charge in [-0.1, -0.05) is 19.9 Å². The van der Waals surface area contributed by atoms with E-state index in [1.165, 1.54) is 6.07 Å². The van der Waals surface area contributed by atoms with Gasteiger partial charge in [-0.2, -0.15) is 8.78 Å². The molecule has 0 heterocycles. The minimum absolute atomic E-state index is 0.0393. The highest BCUT2D eigenvalue weighted by Gasteiger charge is 2.18. The standard InChI is InChI=1S/C16H23F2NO4/c1-4-22-14-8-11(5-6-13(14)23-16(17)18)9-19-12(15(20)21)7-10(2)3/h5-6,8,10,12,16,19H,4,7,9H2,1-3H3,(H,20,21)/t12-/m0/s1. The summed E-state index contributed by atoms with van der Waals surface area (Å²) in [7, 11) is 0. The van der Waals surface area contributed by atoms with Crippen LogP contribution in [0.5, 0.6) is 11.5 Å². The summed E-state index contributed by atoms with van der Waals surface area (Å²) in [4.78, 5) is 11.2. The molecular formula is C16H23F2NO4. The van der Waals surface area contributed by atoms with E-state index >= 15 is 0 Å². The number of hydrogen-bond donors (Lipinski definition) is 2. The van der Waals surface area contributed by atoms with E-state index in [0.29, 0.717) is 19.6 Å². The summed E-state index contributed by atoms with van der Waals surface area (Å²) in [5.74, 6) is -0.504. The van der Waals surface area contributed by atoms with Crippen LogP contribution in [0.1, 0.15) is 32.8 Å². The fourth-order valence-electron chi connectivity index (χ4n) is 2.11. The highest BCUT2D eigenvalue weighted by Crippen LogP contribution is 2.30. The van der Waals surface area contributed by atoms with Gasteiger partial charge in [-0.15, -0.1) is 0 Å². The topological polar surface area (TPSA) is 67.8 Å². The first kappa shape index (κ1) is 19.2. The fourth-order valence-corrected chi connectivity index (χ4v) is 2.11. The molecule has 0 aromatic heterocycles. The molecule has 23 heavy (non-hydrogen) atoms.